The van der Waals surface area contributed by atoms with Gasteiger partial charge in [0.2, 0.25) is 0 Å². The summed E-state index contributed by atoms with van der Waals surface area (Å²) >= 11 is 6.25. The number of fused-ring (bicyclic) bond motifs is 1. The lowest BCUT2D eigenvalue weighted by Crippen LogP contribution is -2.29. The summed E-state index contributed by atoms with van der Waals surface area (Å²) in [6.45, 7) is 6.91. The van der Waals surface area contributed by atoms with Crippen LogP contribution in [0.2, 0.25) is 0 Å². The van der Waals surface area contributed by atoms with Crippen molar-refractivity contribution in [2.75, 3.05) is 13.1 Å². The number of halogens is 2. The van der Waals surface area contributed by atoms with Crippen molar-refractivity contribution in [2.24, 2.45) is 0 Å². The fourth-order valence-electron chi connectivity index (χ4n) is 2.92. The summed E-state index contributed by atoms with van der Waals surface area (Å²) in [7, 11) is 0. The molecule has 0 N–H and O–H groups in total. The second-order valence-electron chi connectivity index (χ2n) is 5.73. The molecule has 0 radical (unpaired) electrons. The molecule has 0 bridgehead atoms. The minimum atomic E-state index is -0.230. The highest BCUT2D eigenvalue weighted by Gasteiger charge is 2.27. The number of hydrogen-bond acceptors (Lipinski definition) is 2. The molecule has 3 nitrogen and oxygen atoms in total. The summed E-state index contributed by atoms with van der Waals surface area (Å²) in [4.78, 5) is 7.04. The second-order valence-corrected chi connectivity index (χ2v) is 6.39. The maximum absolute atomic E-state index is 13.5. The monoisotopic (exact) mass is 309 g/mol. The molecule has 1 unspecified atom stereocenters. The summed E-state index contributed by atoms with van der Waals surface area (Å²) in [5.41, 5.74) is 1.65. The van der Waals surface area contributed by atoms with E-state index in [1.807, 2.05) is 6.92 Å². The van der Waals surface area contributed by atoms with E-state index in [0.717, 1.165) is 42.5 Å². The molecule has 1 aliphatic rings. The Labute approximate surface area is 129 Å². The van der Waals surface area contributed by atoms with Crippen LogP contribution in [0.1, 0.15) is 37.9 Å². The SMILES string of the molecule is CCN(CCn1c(C(C)Cl)nc2ccc(F)cc21)C1CC1. The molecule has 1 aromatic carbocycles. The van der Waals surface area contributed by atoms with E-state index in [-0.39, 0.29) is 11.2 Å². The first-order chi connectivity index (χ1) is 10.1. The van der Waals surface area contributed by atoms with E-state index in [0.29, 0.717) is 0 Å². The zero-order chi connectivity index (χ0) is 15.0. The van der Waals surface area contributed by atoms with Gasteiger partial charge in [0.15, 0.2) is 0 Å². The maximum Gasteiger partial charge on any atom is 0.127 e. The number of benzene rings is 1. The van der Waals surface area contributed by atoms with Crippen LogP contribution in [-0.2, 0) is 6.54 Å². The maximum atomic E-state index is 13.5. The van der Waals surface area contributed by atoms with Gasteiger partial charge in [-0.3, -0.25) is 4.90 Å². The number of hydrogen-bond donors (Lipinski definition) is 0. The van der Waals surface area contributed by atoms with Crippen LogP contribution in [0.3, 0.4) is 0 Å². The van der Waals surface area contributed by atoms with Crippen LogP contribution < -0.4 is 0 Å². The smallest absolute Gasteiger partial charge is 0.127 e. The summed E-state index contributed by atoms with van der Waals surface area (Å²) in [6.07, 6.45) is 2.60. The number of imidazole rings is 1. The average molecular weight is 310 g/mol. The van der Waals surface area contributed by atoms with Gasteiger partial charge < -0.3 is 4.57 Å². The van der Waals surface area contributed by atoms with Crippen molar-refractivity contribution in [3.8, 4) is 0 Å². The standard InChI is InChI=1S/C16H21ClFN3/c1-3-20(13-5-6-13)8-9-21-15-10-12(18)4-7-14(15)19-16(21)11(2)17/h4,7,10-11,13H,3,5-6,8-9H2,1-2H3. The Morgan fingerprint density at radius 1 is 1.48 bits per heavy atom. The molecule has 5 heteroatoms. The minimum absolute atomic E-state index is 0.184. The van der Waals surface area contributed by atoms with Gasteiger partial charge in [-0.1, -0.05) is 6.92 Å². The van der Waals surface area contributed by atoms with Crippen molar-refractivity contribution in [3.05, 3.63) is 29.8 Å². The third-order valence-corrected chi connectivity index (χ3v) is 4.37. The highest BCUT2D eigenvalue weighted by molar-refractivity contribution is 6.20. The summed E-state index contributed by atoms with van der Waals surface area (Å²) < 4.78 is 15.6. The van der Waals surface area contributed by atoms with E-state index in [2.05, 4.69) is 21.4 Å². The molecule has 0 amide bonds. The molecule has 1 fully saturated rings. The lowest BCUT2D eigenvalue weighted by Gasteiger charge is -2.21. The van der Waals surface area contributed by atoms with Gasteiger partial charge in [0.05, 0.1) is 16.4 Å². The topological polar surface area (TPSA) is 21.1 Å². The molecule has 0 aliphatic heterocycles. The van der Waals surface area contributed by atoms with Gasteiger partial charge in [0.1, 0.15) is 11.6 Å². The van der Waals surface area contributed by atoms with Crippen LogP contribution in [-0.4, -0.2) is 33.6 Å². The van der Waals surface area contributed by atoms with Crippen LogP contribution in [0.15, 0.2) is 18.2 Å². The van der Waals surface area contributed by atoms with Crippen molar-refractivity contribution >= 4 is 22.6 Å². The van der Waals surface area contributed by atoms with Crippen LogP contribution in [0, 0.1) is 5.82 Å². The highest BCUT2D eigenvalue weighted by Crippen LogP contribution is 2.28. The molecule has 0 spiro atoms. The number of likely N-dealkylation sites (N-methyl/N-ethyl adjacent to an activating group) is 1. The second kappa shape index (κ2) is 5.93. The molecule has 1 saturated carbocycles. The van der Waals surface area contributed by atoms with Gasteiger partial charge in [-0.05, 0) is 44.5 Å². The Hall–Kier alpha value is -1.13. The van der Waals surface area contributed by atoms with Crippen molar-refractivity contribution in [1.29, 1.82) is 0 Å². The molecular weight excluding hydrogens is 289 g/mol. The van der Waals surface area contributed by atoms with E-state index < -0.39 is 0 Å². The molecule has 21 heavy (non-hydrogen) atoms. The third-order valence-electron chi connectivity index (χ3n) is 4.18. The van der Waals surface area contributed by atoms with E-state index in [1.54, 1.807) is 12.1 Å². The fourth-order valence-corrected chi connectivity index (χ4v) is 3.09. The van der Waals surface area contributed by atoms with Gasteiger partial charge in [-0.15, -0.1) is 11.6 Å². The average Bonchev–Trinajstić information content (AvgIpc) is 3.22. The number of rotatable bonds is 6. The fraction of sp³-hybridized carbons (Fsp3) is 0.562. The Morgan fingerprint density at radius 3 is 2.86 bits per heavy atom. The molecule has 1 heterocycles. The van der Waals surface area contributed by atoms with Gasteiger partial charge >= 0.3 is 0 Å². The van der Waals surface area contributed by atoms with E-state index in [4.69, 9.17) is 11.6 Å². The Bertz CT molecular complexity index is 634. The van der Waals surface area contributed by atoms with E-state index in [9.17, 15) is 4.39 Å². The summed E-state index contributed by atoms with van der Waals surface area (Å²) in [5.74, 6) is 0.594. The molecular formula is C16H21ClFN3. The molecule has 1 atom stereocenters. The van der Waals surface area contributed by atoms with Crippen molar-refractivity contribution in [2.45, 2.75) is 44.7 Å². The Morgan fingerprint density at radius 2 is 2.24 bits per heavy atom. The first-order valence-electron chi connectivity index (χ1n) is 7.64. The predicted octanol–water partition coefficient (Wildman–Crippen LogP) is 3.96. The van der Waals surface area contributed by atoms with Crippen LogP contribution >= 0.6 is 11.6 Å². The van der Waals surface area contributed by atoms with Crippen LogP contribution in [0.5, 0.6) is 0 Å². The first kappa shape index (κ1) is 14.8. The lowest BCUT2D eigenvalue weighted by atomic mass is 10.3. The van der Waals surface area contributed by atoms with E-state index in [1.165, 1.54) is 18.9 Å². The molecule has 1 aromatic heterocycles. The molecule has 2 aromatic rings. The summed E-state index contributed by atoms with van der Waals surface area (Å²) in [6, 6.07) is 5.46. The predicted molar refractivity (Wildman–Crippen MR) is 84.2 cm³/mol. The van der Waals surface area contributed by atoms with Crippen LogP contribution in [0.25, 0.3) is 11.0 Å². The minimum Gasteiger partial charge on any atom is -0.325 e. The van der Waals surface area contributed by atoms with Crippen LogP contribution in [0.4, 0.5) is 4.39 Å². The zero-order valence-corrected chi connectivity index (χ0v) is 13.3. The molecule has 1 aliphatic carbocycles. The number of alkyl halides is 1. The van der Waals surface area contributed by atoms with Gasteiger partial charge in [-0.2, -0.15) is 0 Å². The van der Waals surface area contributed by atoms with Crippen molar-refractivity contribution in [1.82, 2.24) is 14.5 Å². The van der Waals surface area contributed by atoms with Crippen molar-refractivity contribution in [3.63, 3.8) is 0 Å². The Balaban J connectivity index is 1.90. The third kappa shape index (κ3) is 3.06. The number of aromatic nitrogens is 2. The van der Waals surface area contributed by atoms with Gasteiger partial charge in [0.25, 0.3) is 0 Å². The highest BCUT2D eigenvalue weighted by atomic mass is 35.5. The quantitative estimate of drug-likeness (QED) is 0.753. The van der Waals surface area contributed by atoms with E-state index >= 15 is 0 Å². The van der Waals surface area contributed by atoms with Gasteiger partial charge in [-0.25, -0.2) is 9.37 Å². The zero-order valence-electron chi connectivity index (χ0n) is 12.5. The summed E-state index contributed by atoms with van der Waals surface area (Å²) in [5, 5.41) is -0.184. The molecule has 114 valence electrons. The largest absolute Gasteiger partial charge is 0.325 e. The first-order valence-corrected chi connectivity index (χ1v) is 8.07. The normalized spacial score (nSPS) is 16.8. The van der Waals surface area contributed by atoms with Crippen molar-refractivity contribution < 1.29 is 4.39 Å². The number of nitrogens with zero attached hydrogens (tertiary/aromatic N) is 3. The molecule has 0 saturated heterocycles. The molecule has 3 rings (SSSR count). The lowest BCUT2D eigenvalue weighted by molar-refractivity contribution is 0.266. The Kier molecular flexibility index (Phi) is 4.18. The van der Waals surface area contributed by atoms with Gasteiger partial charge in [0, 0.05) is 19.1 Å².